The van der Waals surface area contributed by atoms with Gasteiger partial charge in [0.05, 0.1) is 6.61 Å². The molecule has 0 aromatic rings. The summed E-state index contributed by atoms with van der Waals surface area (Å²) >= 11 is 0. The zero-order chi connectivity index (χ0) is 9.36. The molecule has 1 aliphatic heterocycles. The van der Waals surface area contributed by atoms with Gasteiger partial charge in [-0.05, 0) is 32.2 Å². The Labute approximate surface area is 80.5 Å². The first-order valence-electron chi connectivity index (χ1n) is 5.35. The van der Waals surface area contributed by atoms with Crippen LogP contribution in [0.1, 0.15) is 32.1 Å². The standard InChI is InChI=1S/C10H21NO2/c12-7-3-4-8-13-9-10-5-1-2-6-11-10/h10-12H,1-9H2. The lowest BCUT2D eigenvalue weighted by atomic mass is 10.1. The first-order valence-corrected chi connectivity index (χ1v) is 5.35. The molecule has 0 aliphatic carbocycles. The molecule has 78 valence electrons. The summed E-state index contributed by atoms with van der Waals surface area (Å²) in [7, 11) is 0. The van der Waals surface area contributed by atoms with E-state index in [-0.39, 0.29) is 6.61 Å². The van der Waals surface area contributed by atoms with Gasteiger partial charge in [0, 0.05) is 19.3 Å². The fraction of sp³-hybridized carbons (Fsp3) is 1.00. The Balaban J connectivity index is 1.86. The van der Waals surface area contributed by atoms with Gasteiger partial charge < -0.3 is 15.2 Å². The molecular formula is C10H21NO2. The molecule has 3 heteroatoms. The van der Waals surface area contributed by atoms with Crippen molar-refractivity contribution >= 4 is 0 Å². The highest BCUT2D eigenvalue weighted by Crippen LogP contribution is 2.07. The van der Waals surface area contributed by atoms with Crippen LogP contribution in [0.15, 0.2) is 0 Å². The van der Waals surface area contributed by atoms with E-state index in [4.69, 9.17) is 9.84 Å². The van der Waals surface area contributed by atoms with Gasteiger partial charge in [-0.2, -0.15) is 0 Å². The van der Waals surface area contributed by atoms with Crippen LogP contribution in [-0.4, -0.2) is 37.5 Å². The van der Waals surface area contributed by atoms with Gasteiger partial charge in [0.1, 0.15) is 0 Å². The molecule has 0 aromatic heterocycles. The maximum absolute atomic E-state index is 8.55. The molecule has 1 aliphatic rings. The van der Waals surface area contributed by atoms with E-state index < -0.39 is 0 Å². The van der Waals surface area contributed by atoms with Crippen LogP contribution in [0.25, 0.3) is 0 Å². The lowest BCUT2D eigenvalue weighted by Gasteiger charge is -2.23. The first-order chi connectivity index (χ1) is 6.43. The Morgan fingerprint density at radius 3 is 2.92 bits per heavy atom. The number of nitrogens with one attached hydrogen (secondary N) is 1. The number of hydrogen-bond donors (Lipinski definition) is 2. The van der Waals surface area contributed by atoms with E-state index in [0.29, 0.717) is 6.04 Å². The summed E-state index contributed by atoms with van der Waals surface area (Å²) in [5, 5.41) is 12.0. The summed E-state index contributed by atoms with van der Waals surface area (Å²) in [5.41, 5.74) is 0. The van der Waals surface area contributed by atoms with Crippen LogP contribution >= 0.6 is 0 Å². The number of rotatable bonds is 6. The van der Waals surface area contributed by atoms with Crippen LogP contribution in [0.2, 0.25) is 0 Å². The normalized spacial score (nSPS) is 23.3. The zero-order valence-electron chi connectivity index (χ0n) is 8.30. The van der Waals surface area contributed by atoms with Gasteiger partial charge in [0.25, 0.3) is 0 Å². The number of ether oxygens (including phenoxy) is 1. The van der Waals surface area contributed by atoms with Gasteiger partial charge in [-0.25, -0.2) is 0 Å². The Morgan fingerprint density at radius 2 is 2.23 bits per heavy atom. The van der Waals surface area contributed by atoms with E-state index in [2.05, 4.69) is 5.32 Å². The molecule has 1 heterocycles. The second kappa shape index (κ2) is 7.30. The van der Waals surface area contributed by atoms with Crippen molar-refractivity contribution in [3.63, 3.8) is 0 Å². The molecule has 0 saturated carbocycles. The topological polar surface area (TPSA) is 41.5 Å². The third-order valence-corrected chi connectivity index (χ3v) is 2.43. The van der Waals surface area contributed by atoms with Crippen LogP contribution in [0.5, 0.6) is 0 Å². The van der Waals surface area contributed by atoms with Crippen molar-refractivity contribution in [2.45, 2.75) is 38.1 Å². The summed E-state index contributed by atoms with van der Waals surface area (Å²) in [4.78, 5) is 0. The molecule has 13 heavy (non-hydrogen) atoms. The van der Waals surface area contributed by atoms with Gasteiger partial charge in [-0.3, -0.25) is 0 Å². The summed E-state index contributed by atoms with van der Waals surface area (Å²) in [6, 6.07) is 0.572. The van der Waals surface area contributed by atoms with Crippen LogP contribution in [-0.2, 0) is 4.74 Å². The number of aliphatic hydroxyl groups excluding tert-OH is 1. The molecule has 0 aromatic carbocycles. The third kappa shape index (κ3) is 5.24. The second-order valence-electron chi connectivity index (χ2n) is 3.65. The predicted molar refractivity (Wildman–Crippen MR) is 52.8 cm³/mol. The van der Waals surface area contributed by atoms with Crippen molar-refractivity contribution < 1.29 is 9.84 Å². The van der Waals surface area contributed by atoms with Gasteiger partial charge in [-0.15, -0.1) is 0 Å². The number of unbranched alkanes of at least 4 members (excludes halogenated alkanes) is 1. The molecule has 1 rings (SSSR count). The first kappa shape index (κ1) is 11.0. The Morgan fingerprint density at radius 1 is 1.31 bits per heavy atom. The lowest BCUT2D eigenvalue weighted by molar-refractivity contribution is 0.0968. The van der Waals surface area contributed by atoms with Crippen LogP contribution in [0, 0.1) is 0 Å². The maximum Gasteiger partial charge on any atom is 0.0619 e. The molecule has 0 bridgehead atoms. The number of aliphatic hydroxyl groups is 1. The highest BCUT2D eigenvalue weighted by atomic mass is 16.5. The maximum atomic E-state index is 8.55. The minimum atomic E-state index is 0.283. The molecule has 2 N–H and O–H groups in total. The predicted octanol–water partition coefficient (Wildman–Crippen LogP) is 0.918. The summed E-state index contributed by atoms with van der Waals surface area (Å²) < 4.78 is 5.50. The van der Waals surface area contributed by atoms with E-state index in [1.165, 1.54) is 19.3 Å². The SMILES string of the molecule is OCCCCOCC1CCCCN1. The second-order valence-corrected chi connectivity index (χ2v) is 3.65. The van der Waals surface area contributed by atoms with Crippen molar-refractivity contribution in [3.05, 3.63) is 0 Å². The molecule has 0 spiro atoms. The van der Waals surface area contributed by atoms with Gasteiger partial charge in [0.2, 0.25) is 0 Å². The van der Waals surface area contributed by atoms with Crippen LogP contribution in [0.4, 0.5) is 0 Å². The summed E-state index contributed by atoms with van der Waals surface area (Å²) in [6.07, 6.45) is 5.72. The summed E-state index contributed by atoms with van der Waals surface area (Å²) in [5.74, 6) is 0. The quantitative estimate of drug-likeness (QED) is 0.607. The minimum absolute atomic E-state index is 0.283. The molecule has 1 unspecified atom stereocenters. The number of piperidine rings is 1. The van der Waals surface area contributed by atoms with Gasteiger partial charge in [0.15, 0.2) is 0 Å². The Hall–Kier alpha value is -0.120. The fourth-order valence-electron chi connectivity index (χ4n) is 1.61. The van der Waals surface area contributed by atoms with Gasteiger partial charge in [-0.1, -0.05) is 6.42 Å². The van der Waals surface area contributed by atoms with E-state index in [1.54, 1.807) is 0 Å². The summed E-state index contributed by atoms with van der Waals surface area (Å²) in [6.45, 7) is 3.06. The average molecular weight is 187 g/mol. The van der Waals surface area contributed by atoms with E-state index >= 15 is 0 Å². The average Bonchev–Trinajstić information content (AvgIpc) is 2.19. The van der Waals surface area contributed by atoms with E-state index in [0.717, 1.165) is 32.6 Å². The molecule has 1 atom stereocenters. The van der Waals surface area contributed by atoms with Crippen molar-refractivity contribution in [2.75, 3.05) is 26.4 Å². The van der Waals surface area contributed by atoms with E-state index in [1.807, 2.05) is 0 Å². The van der Waals surface area contributed by atoms with Crippen molar-refractivity contribution in [1.29, 1.82) is 0 Å². The molecule has 0 amide bonds. The molecule has 3 nitrogen and oxygen atoms in total. The minimum Gasteiger partial charge on any atom is -0.396 e. The molecule has 0 radical (unpaired) electrons. The molecule has 1 fully saturated rings. The van der Waals surface area contributed by atoms with Crippen molar-refractivity contribution in [3.8, 4) is 0 Å². The smallest absolute Gasteiger partial charge is 0.0619 e. The molecular weight excluding hydrogens is 166 g/mol. The Kier molecular flexibility index (Phi) is 6.15. The lowest BCUT2D eigenvalue weighted by Crippen LogP contribution is -2.37. The highest BCUT2D eigenvalue weighted by Gasteiger charge is 2.11. The third-order valence-electron chi connectivity index (χ3n) is 2.43. The van der Waals surface area contributed by atoms with Gasteiger partial charge >= 0.3 is 0 Å². The van der Waals surface area contributed by atoms with Crippen LogP contribution < -0.4 is 5.32 Å². The monoisotopic (exact) mass is 187 g/mol. The number of hydrogen-bond acceptors (Lipinski definition) is 3. The van der Waals surface area contributed by atoms with Crippen molar-refractivity contribution in [2.24, 2.45) is 0 Å². The largest absolute Gasteiger partial charge is 0.396 e. The van der Waals surface area contributed by atoms with E-state index in [9.17, 15) is 0 Å². The highest BCUT2D eigenvalue weighted by molar-refractivity contribution is 4.71. The van der Waals surface area contributed by atoms with Crippen LogP contribution in [0.3, 0.4) is 0 Å². The van der Waals surface area contributed by atoms with Crippen molar-refractivity contribution in [1.82, 2.24) is 5.32 Å². The Bertz CT molecular complexity index is 113. The fourth-order valence-corrected chi connectivity index (χ4v) is 1.61. The molecule has 1 saturated heterocycles. The zero-order valence-corrected chi connectivity index (χ0v) is 8.30.